The first-order valence-electron chi connectivity index (χ1n) is 5.27. The second-order valence-corrected chi connectivity index (χ2v) is 4.77. The molecule has 0 aliphatic carbocycles. The molecule has 1 N–H and O–H groups in total. The lowest BCUT2D eigenvalue weighted by molar-refractivity contribution is 0.320. The zero-order valence-corrected chi connectivity index (χ0v) is 11.4. The van der Waals surface area contributed by atoms with E-state index in [2.05, 4.69) is 4.98 Å². The molecule has 0 fully saturated rings. The maximum absolute atomic E-state index is 13.7. The van der Waals surface area contributed by atoms with E-state index in [-0.39, 0.29) is 10.8 Å². The Balaban J connectivity index is 2.70. The van der Waals surface area contributed by atoms with E-state index in [4.69, 9.17) is 4.74 Å². The van der Waals surface area contributed by atoms with Crippen LogP contribution in [0, 0.1) is 9.39 Å². The monoisotopic (exact) mass is 347 g/mol. The molecule has 90 valence electrons. The molecule has 2 rings (SSSR count). The summed E-state index contributed by atoms with van der Waals surface area (Å²) in [6.07, 6.45) is 2.41. The summed E-state index contributed by atoms with van der Waals surface area (Å²) in [5, 5.41) is 0.0607. The van der Waals surface area contributed by atoms with Crippen molar-refractivity contribution < 1.29 is 9.13 Å². The molecule has 1 aromatic heterocycles. The molecular formula is C12H11FINO2. The van der Waals surface area contributed by atoms with Gasteiger partial charge in [-0.1, -0.05) is 6.92 Å². The average Bonchev–Trinajstić information content (AvgIpc) is 2.32. The topological polar surface area (TPSA) is 42.1 Å². The molecule has 0 saturated carbocycles. The Labute approximate surface area is 111 Å². The summed E-state index contributed by atoms with van der Waals surface area (Å²) in [7, 11) is 0. The largest absolute Gasteiger partial charge is 0.491 e. The van der Waals surface area contributed by atoms with Gasteiger partial charge in [0.15, 0.2) is 0 Å². The Kier molecular flexibility index (Phi) is 3.66. The van der Waals surface area contributed by atoms with Gasteiger partial charge in [0.05, 0.1) is 21.1 Å². The van der Waals surface area contributed by atoms with E-state index in [1.54, 1.807) is 6.20 Å². The number of hydrogen-bond donors (Lipinski definition) is 1. The summed E-state index contributed by atoms with van der Waals surface area (Å²) >= 11 is 1.88. The van der Waals surface area contributed by atoms with E-state index in [9.17, 15) is 9.18 Å². The van der Waals surface area contributed by atoms with Crippen LogP contribution in [-0.4, -0.2) is 11.6 Å². The van der Waals surface area contributed by atoms with Gasteiger partial charge in [-0.25, -0.2) is 4.39 Å². The third-order valence-electron chi connectivity index (χ3n) is 2.37. The number of benzene rings is 1. The highest BCUT2D eigenvalue weighted by atomic mass is 127. The van der Waals surface area contributed by atoms with Crippen molar-refractivity contribution in [3.63, 3.8) is 0 Å². The molecule has 0 radical (unpaired) electrons. The summed E-state index contributed by atoms with van der Waals surface area (Å²) in [6.45, 7) is 2.52. The Morgan fingerprint density at radius 3 is 2.94 bits per heavy atom. The van der Waals surface area contributed by atoms with Crippen molar-refractivity contribution in [1.82, 2.24) is 4.98 Å². The van der Waals surface area contributed by atoms with Crippen LogP contribution in [0.4, 0.5) is 4.39 Å². The fourth-order valence-electron chi connectivity index (χ4n) is 1.58. The van der Waals surface area contributed by atoms with Gasteiger partial charge in [-0.05, 0) is 41.1 Å². The number of rotatable bonds is 3. The lowest BCUT2D eigenvalue weighted by Crippen LogP contribution is -2.09. The van der Waals surface area contributed by atoms with E-state index < -0.39 is 5.82 Å². The van der Waals surface area contributed by atoms with Gasteiger partial charge in [-0.15, -0.1) is 0 Å². The Morgan fingerprint density at radius 2 is 2.24 bits per heavy atom. The second-order valence-electron chi connectivity index (χ2n) is 3.61. The van der Waals surface area contributed by atoms with Gasteiger partial charge in [0.2, 0.25) is 5.43 Å². The maximum Gasteiger partial charge on any atom is 0.205 e. The molecule has 0 unspecified atom stereocenters. The Morgan fingerprint density at radius 1 is 1.47 bits per heavy atom. The molecule has 2 aromatic rings. The number of aromatic amines is 1. The molecule has 5 heteroatoms. The first-order valence-corrected chi connectivity index (χ1v) is 6.35. The van der Waals surface area contributed by atoms with Crippen LogP contribution in [0.1, 0.15) is 13.3 Å². The van der Waals surface area contributed by atoms with Crippen molar-refractivity contribution in [2.24, 2.45) is 0 Å². The zero-order valence-electron chi connectivity index (χ0n) is 9.22. The van der Waals surface area contributed by atoms with E-state index in [1.807, 2.05) is 29.5 Å². The maximum atomic E-state index is 13.7. The smallest absolute Gasteiger partial charge is 0.205 e. The van der Waals surface area contributed by atoms with Crippen LogP contribution in [0.2, 0.25) is 0 Å². The highest BCUT2D eigenvalue weighted by Gasteiger charge is 2.12. The third-order valence-corrected chi connectivity index (χ3v) is 3.17. The molecule has 17 heavy (non-hydrogen) atoms. The van der Waals surface area contributed by atoms with Crippen LogP contribution in [0.5, 0.6) is 5.75 Å². The first kappa shape index (κ1) is 12.3. The third kappa shape index (κ3) is 2.29. The number of aromatic nitrogens is 1. The molecule has 0 aliphatic heterocycles. The van der Waals surface area contributed by atoms with Crippen molar-refractivity contribution in [3.05, 3.63) is 37.9 Å². The minimum absolute atomic E-state index is 0.0607. The van der Waals surface area contributed by atoms with Crippen LogP contribution in [-0.2, 0) is 0 Å². The fourth-order valence-corrected chi connectivity index (χ4v) is 2.00. The zero-order chi connectivity index (χ0) is 12.4. The van der Waals surface area contributed by atoms with Gasteiger partial charge >= 0.3 is 0 Å². The molecule has 0 aliphatic rings. The minimum Gasteiger partial charge on any atom is -0.491 e. The number of fused-ring (bicyclic) bond motifs is 1. The first-order chi connectivity index (χ1) is 8.15. The van der Waals surface area contributed by atoms with Crippen molar-refractivity contribution in [2.45, 2.75) is 13.3 Å². The number of nitrogens with one attached hydrogen (secondary N) is 1. The summed E-state index contributed by atoms with van der Waals surface area (Å²) in [6, 6.07) is 2.80. The molecule has 3 nitrogen and oxygen atoms in total. The minimum atomic E-state index is -0.524. The van der Waals surface area contributed by atoms with Gasteiger partial charge in [0.1, 0.15) is 11.6 Å². The van der Waals surface area contributed by atoms with Crippen molar-refractivity contribution in [3.8, 4) is 5.75 Å². The molecule has 0 atom stereocenters. The SMILES string of the molecule is CCCOc1ccc(F)c2c(=O)c(I)c[nH]c12. The second kappa shape index (κ2) is 5.03. The average molecular weight is 347 g/mol. The number of pyridine rings is 1. The summed E-state index contributed by atoms with van der Waals surface area (Å²) < 4.78 is 19.6. The standard InChI is InChI=1S/C12H11FINO2/c1-2-5-17-9-4-3-7(13)10-11(9)15-6-8(14)12(10)16/h3-4,6H,2,5H2,1H3,(H,15,16). The molecule has 1 heterocycles. The predicted octanol–water partition coefficient (Wildman–Crippen LogP) is 3.06. The highest BCUT2D eigenvalue weighted by Crippen LogP contribution is 2.24. The molecule has 0 spiro atoms. The Hall–Kier alpha value is -1.11. The van der Waals surface area contributed by atoms with E-state index in [1.165, 1.54) is 12.1 Å². The van der Waals surface area contributed by atoms with Crippen molar-refractivity contribution >= 4 is 33.5 Å². The number of ether oxygens (including phenoxy) is 1. The van der Waals surface area contributed by atoms with E-state index in [0.29, 0.717) is 21.4 Å². The fraction of sp³-hybridized carbons (Fsp3) is 0.250. The van der Waals surface area contributed by atoms with Gasteiger partial charge in [-0.2, -0.15) is 0 Å². The summed E-state index contributed by atoms with van der Waals surface area (Å²) in [4.78, 5) is 14.8. The van der Waals surface area contributed by atoms with Crippen LogP contribution in [0.15, 0.2) is 23.1 Å². The van der Waals surface area contributed by atoms with Gasteiger partial charge in [0.25, 0.3) is 0 Å². The molecule has 0 saturated heterocycles. The van der Waals surface area contributed by atoms with E-state index in [0.717, 1.165) is 6.42 Å². The lowest BCUT2D eigenvalue weighted by Gasteiger charge is -2.08. The van der Waals surface area contributed by atoms with Crippen LogP contribution < -0.4 is 10.2 Å². The summed E-state index contributed by atoms with van der Waals surface area (Å²) in [5.41, 5.74) is 0.114. The van der Waals surface area contributed by atoms with Crippen LogP contribution in [0.3, 0.4) is 0 Å². The highest BCUT2D eigenvalue weighted by molar-refractivity contribution is 14.1. The molecule has 0 bridgehead atoms. The lowest BCUT2D eigenvalue weighted by atomic mass is 10.2. The number of H-pyrrole nitrogens is 1. The quantitative estimate of drug-likeness (QED) is 0.868. The number of halogens is 2. The molecule has 1 aromatic carbocycles. The van der Waals surface area contributed by atoms with Crippen molar-refractivity contribution in [1.29, 1.82) is 0 Å². The van der Waals surface area contributed by atoms with Gasteiger partial charge < -0.3 is 9.72 Å². The van der Waals surface area contributed by atoms with Crippen molar-refractivity contribution in [2.75, 3.05) is 6.61 Å². The Bertz CT molecular complexity index is 609. The van der Waals surface area contributed by atoms with Crippen LogP contribution in [0.25, 0.3) is 10.9 Å². The number of hydrogen-bond acceptors (Lipinski definition) is 2. The molecule has 0 amide bonds. The van der Waals surface area contributed by atoms with E-state index >= 15 is 0 Å². The molecular weight excluding hydrogens is 336 g/mol. The normalized spacial score (nSPS) is 10.8. The van der Waals surface area contributed by atoms with Gasteiger partial charge in [0, 0.05) is 6.20 Å². The van der Waals surface area contributed by atoms with Gasteiger partial charge in [-0.3, -0.25) is 4.79 Å². The van der Waals surface area contributed by atoms with Crippen LogP contribution >= 0.6 is 22.6 Å². The summed E-state index contributed by atoms with van der Waals surface area (Å²) in [5.74, 6) is -0.0136. The predicted molar refractivity (Wildman–Crippen MR) is 73.0 cm³/mol.